The van der Waals surface area contributed by atoms with Gasteiger partial charge >= 0.3 is 0 Å². The zero-order valence-corrected chi connectivity index (χ0v) is 20.4. The number of benzene rings is 4. The van der Waals surface area contributed by atoms with Gasteiger partial charge in [-0.05, 0) is 82.7 Å². The third-order valence-electron chi connectivity index (χ3n) is 6.63. The van der Waals surface area contributed by atoms with Gasteiger partial charge in [0.2, 0.25) is 0 Å². The molecule has 0 atom stereocenters. The van der Waals surface area contributed by atoms with Gasteiger partial charge in [-0.1, -0.05) is 118 Å². The van der Waals surface area contributed by atoms with Crippen molar-refractivity contribution in [3.63, 3.8) is 0 Å². The highest BCUT2D eigenvalue weighted by Crippen LogP contribution is 2.30. The topological polar surface area (TPSA) is 0 Å². The van der Waals surface area contributed by atoms with E-state index in [0.29, 0.717) is 0 Å². The van der Waals surface area contributed by atoms with Crippen LogP contribution in [-0.2, 0) is 12.8 Å². The van der Waals surface area contributed by atoms with Gasteiger partial charge in [0, 0.05) is 0 Å². The van der Waals surface area contributed by atoms with E-state index in [1.807, 2.05) is 0 Å². The Kier molecular flexibility index (Phi) is 7.79. The standard InChI is InChI=1S/C33H36/c1-4-6-8-26-10-14-28(15-11-26)29-18-20-30(21-19-29)32-22-23-33(25(3)24-32)31-16-12-27(13-17-31)9-7-5-2/h10-24H,4-9H2,1-3H3. The van der Waals surface area contributed by atoms with Crippen LogP contribution >= 0.6 is 0 Å². The number of unbranched alkanes of at least 4 members (excludes halogenated alkanes) is 2. The lowest BCUT2D eigenvalue weighted by molar-refractivity contribution is 0.795. The predicted molar refractivity (Wildman–Crippen MR) is 145 cm³/mol. The molecule has 0 unspecified atom stereocenters. The van der Waals surface area contributed by atoms with Crippen LogP contribution in [0.25, 0.3) is 33.4 Å². The van der Waals surface area contributed by atoms with Crippen molar-refractivity contribution in [2.45, 2.75) is 59.3 Å². The molecule has 0 aliphatic heterocycles. The second kappa shape index (κ2) is 11.1. The third kappa shape index (κ3) is 5.82. The molecular formula is C33H36. The van der Waals surface area contributed by atoms with Crippen molar-refractivity contribution in [3.05, 3.63) is 108 Å². The molecule has 0 saturated heterocycles. The van der Waals surface area contributed by atoms with Gasteiger partial charge in [-0.25, -0.2) is 0 Å². The van der Waals surface area contributed by atoms with Crippen molar-refractivity contribution < 1.29 is 0 Å². The second-order valence-electron chi connectivity index (χ2n) is 9.21. The molecule has 0 bridgehead atoms. The normalized spacial score (nSPS) is 11.0. The maximum atomic E-state index is 2.32. The molecule has 4 aromatic carbocycles. The van der Waals surface area contributed by atoms with Crippen LogP contribution in [-0.4, -0.2) is 0 Å². The largest absolute Gasteiger partial charge is 0.0654 e. The molecule has 4 aromatic rings. The van der Waals surface area contributed by atoms with Crippen molar-refractivity contribution in [2.24, 2.45) is 0 Å². The molecule has 0 spiro atoms. The fourth-order valence-corrected chi connectivity index (χ4v) is 4.50. The number of aryl methyl sites for hydroxylation is 3. The first-order valence-corrected chi connectivity index (χ1v) is 12.6. The van der Waals surface area contributed by atoms with Crippen LogP contribution in [0.3, 0.4) is 0 Å². The first kappa shape index (κ1) is 23.1. The zero-order valence-electron chi connectivity index (χ0n) is 20.4. The summed E-state index contributed by atoms with van der Waals surface area (Å²) in [5.41, 5.74) is 11.9. The van der Waals surface area contributed by atoms with Gasteiger partial charge in [-0.3, -0.25) is 0 Å². The molecule has 0 heterocycles. The van der Waals surface area contributed by atoms with Gasteiger partial charge in [-0.15, -0.1) is 0 Å². The number of hydrogen-bond acceptors (Lipinski definition) is 0. The van der Waals surface area contributed by atoms with Gasteiger partial charge < -0.3 is 0 Å². The van der Waals surface area contributed by atoms with E-state index >= 15 is 0 Å². The van der Waals surface area contributed by atoms with Crippen molar-refractivity contribution >= 4 is 0 Å². The first-order valence-electron chi connectivity index (χ1n) is 12.6. The van der Waals surface area contributed by atoms with Gasteiger partial charge in [0.25, 0.3) is 0 Å². The van der Waals surface area contributed by atoms with E-state index in [-0.39, 0.29) is 0 Å². The molecular weight excluding hydrogens is 396 g/mol. The molecule has 0 heteroatoms. The molecule has 0 aliphatic carbocycles. The summed E-state index contributed by atoms with van der Waals surface area (Å²) in [6, 6.07) is 34.0. The van der Waals surface area contributed by atoms with E-state index < -0.39 is 0 Å². The van der Waals surface area contributed by atoms with Crippen LogP contribution in [0, 0.1) is 6.92 Å². The van der Waals surface area contributed by atoms with Gasteiger partial charge in [0.05, 0.1) is 0 Å². The fourth-order valence-electron chi connectivity index (χ4n) is 4.50. The minimum atomic E-state index is 1.17. The molecule has 0 saturated carbocycles. The Labute approximate surface area is 200 Å². The lowest BCUT2D eigenvalue weighted by atomic mass is 9.94. The molecule has 4 rings (SSSR count). The van der Waals surface area contributed by atoms with Gasteiger partial charge in [-0.2, -0.15) is 0 Å². The zero-order chi connectivity index (χ0) is 23.0. The molecule has 0 nitrogen and oxygen atoms in total. The Morgan fingerprint density at radius 3 is 1.30 bits per heavy atom. The Balaban J connectivity index is 1.49. The highest BCUT2D eigenvalue weighted by atomic mass is 14.1. The van der Waals surface area contributed by atoms with E-state index in [9.17, 15) is 0 Å². The van der Waals surface area contributed by atoms with Gasteiger partial charge in [0.1, 0.15) is 0 Å². The molecule has 0 aromatic heterocycles. The highest BCUT2D eigenvalue weighted by molar-refractivity contribution is 5.75. The molecule has 0 fully saturated rings. The lowest BCUT2D eigenvalue weighted by Gasteiger charge is -2.11. The molecule has 168 valence electrons. The SMILES string of the molecule is CCCCc1ccc(-c2ccc(-c3ccc(-c4ccc(CCCC)cc4)c(C)c3)cc2)cc1. The average molecular weight is 433 g/mol. The maximum absolute atomic E-state index is 2.32. The Morgan fingerprint density at radius 2 is 0.848 bits per heavy atom. The van der Waals surface area contributed by atoms with Crippen LogP contribution in [0.1, 0.15) is 56.2 Å². The lowest BCUT2D eigenvalue weighted by Crippen LogP contribution is -1.88. The minimum Gasteiger partial charge on any atom is -0.0654 e. The minimum absolute atomic E-state index is 1.17. The number of rotatable bonds is 9. The van der Waals surface area contributed by atoms with E-state index in [1.165, 1.54) is 88.6 Å². The van der Waals surface area contributed by atoms with Crippen LogP contribution in [0.5, 0.6) is 0 Å². The van der Waals surface area contributed by atoms with E-state index in [2.05, 4.69) is 112 Å². The second-order valence-corrected chi connectivity index (χ2v) is 9.21. The van der Waals surface area contributed by atoms with Crippen molar-refractivity contribution in [3.8, 4) is 33.4 Å². The summed E-state index contributed by atoms with van der Waals surface area (Å²) in [7, 11) is 0. The van der Waals surface area contributed by atoms with Crippen LogP contribution in [0.4, 0.5) is 0 Å². The summed E-state index contributed by atoms with van der Waals surface area (Å²) in [4.78, 5) is 0. The summed E-state index contributed by atoms with van der Waals surface area (Å²) in [6.45, 7) is 6.72. The van der Waals surface area contributed by atoms with E-state index in [1.54, 1.807) is 0 Å². The third-order valence-corrected chi connectivity index (χ3v) is 6.63. The first-order chi connectivity index (χ1) is 16.2. The Morgan fingerprint density at radius 1 is 0.455 bits per heavy atom. The molecule has 0 aliphatic rings. The molecule has 0 radical (unpaired) electrons. The van der Waals surface area contributed by atoms with Gasteiger partial charge in [0.15, 0.2) is 0 Å². The van der Waals surface area contributed by atoms with Crippen molar-refractivity contribution in [1.29, 1.82) is 0 Å². The quantitative estimate of drug-likeness (QED) is 0.247. The van der Waals surface area contributed by atoms with Crippen molar-refractivity contribution in [1.82, 2.24) is 0 Å². The Bertz CT molecular complexity index is 1150. The summed E-state index contributed by atoms with van der Waals surface area (Å²) >= 11 is 0. The summed E-state index contributed by atoms with van der Waals surface area (Å²) in [5.74, 6) is 0. The average Bonchev–Trinajstić information content (AvgIpc) is 2.87. The van der Waals surface area contributed by atoms with E-state index in [4.69, 9.17) is 0 Å². The Hall–Kier alpha value is -3.12. The smallest absolute Gasteiger partial charge is 0.0154 e. The monoisotopic (exact) mass is 432 g/mol. The highest BCUT2D eigenvalue weighted by Gasteiger charge is 2.06. The summed E-state index contributed by atoms with van der Waals surface area (Å²) < 4.78 is 0. The van der Waals surface area contributed by atoms with Crippen LogP contribution in [0.2, 0.25) is 0 Å². The summed E-state index contributed by atoms with van der Waals surface area (Å²) in [5, 5.41) is 0. The van der Waals surface area contributed by atoms with Crippen molar-refractivity contribution in [2.75, 3.05) is 0 Å². The van der Waals surface area contributed by atoms with E-state index in [0.717, 1.165) is 0 Å². The van der Waals surface area contributed by atoms with Crippen LogP contribution in [0.15, 0.2) is 91.0 Å². The summed E-state index contributed by atoms with van der Waals surface area (Å²) in [6.07, 6.45) is 7.36. The molecule has 0 amide bonds. The maximum Gasteiger partial charge on any atom is -0.0154 e. The fraction of sp³-hybridized carbons (Fsp3) is 0.273. The predicted octanol–water partition coefficient (Wildman–Crippen LogP) is 9.68. The van der Waals surface area contributed by atoms with Crippen LogP contribution < -0.4 is 0 Å². The molecule has 0 N–H and O–H groups in total. The molecule has 33 heavy (non-hydrogen) atoms. The number of hydrogen-bond donors (Lipinski definition) is 0.